The first-order chi connectivity index (χ1) is 6.06. The Hall–Kier alpha value is -1.06. The quantitative estimate of drug-likeness (QED) is 0.777. The van der Waals surface area contributed by atoms with Crippen molar-refractivity contribution in [3.8, 4) is 0 Å². The van der Waals surface area contributed by atoms with Gasteiger partial charge in [0.25, 0.3) is 0 Å². The lowest BCUT2D eigenvalue weighted by Crippen LogP contribution is -1.98. The molecule has 3 nitrogen and oxygen atoms in total. The number of rotatable bonds is 2. The molecule has 0 heterocycles. The van der Waals surface area contributed by atoms with Gasteiger partial charge >= 0.3 is 5.97 Å². The number of hydrogen-bond donors (Lipinski definition) is 1. The Bertz CT molecular complexity index is 374. The second-order valence-corrected chi connectivity index (χ2v) is 3.07. The zero-order valence-electron chi connectivity index (χ0n) is 6.25. The van der Waals surface area contributed by atoms with Crippen molar-refractivity contribution in [2.24, 2.45) is 0 Å². The smallest absolute Gasteiger partial charge is 0.335 e. The molecule has 0 aliphatic heterocycles. The topological polar surface area (TPSA) is 54.4 Å². The van der Waals surface area contributed by atoms with Crippen molar-refractivity contribution in [2.45, 2.75) is 0 Å². The van der Waals surface area contributed by atoms with E-state index in [2.05, 4.69) is 0 Å². The summed E-state index contributed by atoms with van der Waals surface area (Å²) < 4.78 is 0. The maximum Gasteiger partial charge on any atom is 0.335 e. The van der Waals surface area contributed by atoms with Crippen molar-refractivity contribution in [3.05, 3.63) is 33.3 Å². The van der Waals surface area contributed by atoms with E-state index in [1.807, 2.05) is 0 Å². The van der Waals surface area contributed by atoms with Gasteiger partial charge in [-0.05, 0) is 12.1 Å². The standard InChI is InChI=1S/C8H4Cl2O3/c9-6-2-4(8(12)13)1-5(3-11)7(6)10/h1-3H,(H,12,13). The van der Waals surface area contributed by atoms with Crippen molar-refractivity contribution in [2.75, 3.05) is 0 Å². The summed E-state index contributed by atoms with van der Waals surface area (Å²) in [6.45, 7) is 0. The van der Waals surface area contributed by atoms with Crippen molar-refractivity contribution in [1.82, 2.24) is 0 Å². The number of aldehydes is 1. The minimum atomic E-state index is -1.15. The fourth-order valence-electron chi connectivity index (χ4n) is 0.820. The monoisotopic (exact) mass is 218 g/mol. The molecule has 0 aromatic heterocycles. The first-order valence-corrected chi connectivity index (χ1v) is 3.99. The Morgan fingerprint density at radius 3 is 2.46 bits per heavy atom. The molecule has 0 saturated heterocycles. The van der Waals surface area contributed by atoms with E-state index in [4.69, 9.17) is 28.3 Å². The molecule has 0 spiro atoms. The average molecular weight is 219 g/mol. The average Bonchev–Trinajstić information content (AvgIpc) is 2.09. The first kappa shape index (κ1) is 10.0. The number of halogens is 2. The highest BCUT2D eigenvalue weighted by Crippen LogP contribution is 2.26. The molecule has 1 aromatic carbocycles. The van der Waals surface area contributed by atoms with Crippen LogP contribution in [-0.4, -0.2) is 17.4 Å². The summed E-state index contributed by atoms with van der Waals surface area (Å²) in [6.07, 6.45) is 0.459. The van der Waals surface area contributed by atoms with Gasteiger partial charge in [-0.3, -0.25) is 4.79 Å². The van der Waals surface area contributed by atoms with E-state index in [1.54, 1.807) is 0 Å². The van der Waals surface area contributed by atoms with Gasteiger partial charge in [-0.2, -0.15) is 0 Å². The lowest BCUT2D eigenvalue weighted by atomic mass is 10.1. The lowest BCUT2D eigenvalue weighted by Gasteiger charge is -2.01. The Balaban J connectivity index is 3.38. The zero-order chi connectivity index (χ0) is 10.0. The number of carboxylic acids is 1. The molecule has 5 heteroatoms. The molecule has 0 aliphatic carbocycles. The van der Waals surface area contributed by atoms with Gasteiger partial charge in [0.05, 0.1) is 15.6 Å². The van der Waals surface area contributed by atoms with Gasteiger partial charge in [0, 0.05) is 5.56 Å². The van der Waals surface area contributed by atoms with Gasteiger partial charge in [0.15, 0.2) is 6.29 Å². The molecule has 1 rings (SSSR count). The normalized spacial score (nSPS) is 9.69. The molecule has 0 radical (unpaired) electrons. The molecule has 0 unspecified atom stereocenters. The van der Waals surface area contributed by atoms with Gasteiger partial charge in [-0.25, -0.2) is 4.79 Å². The summed E-state index contributed by atoms with van der Waals surface area (Å²) >= 11 is 11.2. The molecule has 13 heavy (non-hydrogen) atoms. The minimum Gasteiger partial charge on any atom is -0.478 e. The molecule has 68 valence electrons. The molecule has 0 fully saturated rings. The Labute approximate surface area is 83.9 Å². The van der Waals surface area contributed by atoms with Crippen LogP contribution in [0.5, 0.6) is 0 Å². The predicted molar refractivity (Wildman–Crippen MR) is 48.8 cm³/mol. The van der Waals surface area contributed by atoms with Crippen molar-refractivity contribution < 1.29 is 14.7 Å². The van der Waals surface area contributed by atoms with E-state index in [9.17, 15) is 9.59 Å². The summed E-state index contributed by atoms with van der Waals surface area (Å²) in [4.78, 5) is 20.9. The molecule has 0 saturated carbocycles. The van der Waals surface area contributed by atoms with Gasteiger partial charge in [0.2, 0.25) is 0 Å². The van der Waals surface area contributed by atoms with E-state index in [-0.39, 0.29) is 21.2 Å². The second-order valence-electron chi connectivity index (χ2n) is 2.28. The Morgan fingerprint density at radius 1 is 1.38 bits per heavy atom. The summed E-state index contributed by atoms with van der Waals surface area (Å²) in [7, 11) is 0. The molecule has 0 atom stereocenters. The third-order valence-electron chi connectivity index (χ3n) is 1.43. The van der Waals surface area contributed by atoms with Gasteiger partial charge in [-0.1, -0.05) is 23.2 Å². The highest BCUT2D eigenvalue weighted by Gasteiger charge is 2.10. The number of carbonyl (C=O) groups excluding carboxylic acids is 1. The van der Waals surface area contributed by atoms with Crippen LogP contribution in [0.4, 0.5) is 0 Å². The number of hydrogen-bond acceptors (Lipinski definition) is 2. The van der Waals surface area contributed by atoms with Crippen LogP contribution in [0, 0.1) is 0 Å². The summed E-state index contributed by atoms with van der Waals surface area (Å²) in [5.41, 5.74) is 0.0167. The number of carboxylic acid groups (broad SMARTS) is 1. The third kappa shape index (κ3) is 1.99. The highest BCUT2D eigenvalue weighted by molar-refractivity contribution is 6.43. The van der Waals surface area contributed by atoms with Crippen molar-refractivity contribution >= 4 is 35.5 Å². The van der Waals surface area contributed by atoms with Crippen LogP contribution in [0.1, 0.15) is 20.7 Å². The van der Waals surface area contributed by atoms with Crippen LogP contribution >= 0.6 is 23.2 Å². The largest absolute Gasteiger partial charge is 0.478 e. The SMILES string of the molecule is O=Cc1cc(C(=O)O)cc(Cl)c1Cl. The third-order valence-corrected chi connectivity index (χ3v) is 2.25. The van der Waals surface area contributed by atoms with Gasteiger partial charge in [-0.15, -0.1) is 0 Å². The molecular formula is C8H4Cl2O3. The summed E-state index contributed by atoms with van der Waals surface area (Å²) in [6, 6.07) is 2.36. The Morgan fingerprint density at radius 2 is 2.00 bits per heavy atom. The number of carbonyl (C=O) groups is 2. The lowest BCUT2D eigenvalue weighted by molar-refractivity contribution is 0.0697. The molecular weight excluding hydrogens is 215 g/mol. The van der Waals surface area contributed by atoms with E-state index < -0.39 is 5.97 Å². The first-order valence-electron chi connectivity index (χ1n) is 3.23. The van der Waals surface area contributed by atoms with Gasteiger partial charge in [0.1, 0.15) is 0 Å². The molecule has 0 amide bonds. The van der Waals surface area contributed by atoms with Crippen LogP contribution in [0.15, 0.2) is 12.1 Å². The fraction of sp³-hybridized carbons (Fsp3) is 0. The van der Waals surface area contributed by atoms with Crippen molar-refractivity contribution in [1.29, 1.82) is 0 Å². The van der Waals surface area contributed by atoms with E-state index in [0.29, 0.717) is 6.29 Å². The molecule has 0 aliphatic rings. The fourth-order valence-corrected chi connectivity index (χ4v) is 1.20. The maximum absolute atomic E-state index is 10.5. The highest BCUT2D eigenvalue weighted by atomic mass is 35.5. The van der Waals surface area contributed by atoms with Crippen LogP contribution in [0.3, 0.4) is 0 Å². The predicted octanol–water partition coefficient (Wildman–Crippen LogP) is 2.50. The van der Waals surface area contributed by atoms with Crippen molar-refractivity contribution in [3.63, 3.8) is 0 Å². The van der Waals surface area contributed by atoms with Crippen LogP contribution in [0.2, 0.25) is 10.0 Å². The summed E-state index contributed by atoms with van der Waals surface area (Å²) in [5, 5.41) is 8.73. The van der Waals surface area contributed by atoms with E-state index in [1.165, 1.54) is 12.1 Å². The van der Waals surface area contributed by atoms with E-state index >= 15 is 0 Å². The summed E-state index contributed by atoms with van der Waals surface area (Å²) in [5.74, 6) is -1.15. The van der Waals surface area contributed by atoms with E-state index in [0.717, 1.165) is 0 Å². The van der Waals surface area contributed by atoms with Crippen LogP contribution < -0.4 is 0 Å². The van der Waals surface area contributed by atoms with Gasteiger partial charge < -0.3 is 5.11 Å². The van der Waals surface area contributed by atoms with Crippen LogP contribution in [0.25, 0.3) is 0 Å². The molecule has 1 N–H and O–H groups in total. The maximum atomic E-state index is 10.5. The molecule has 0 bridgehead atoms. The van der Waals surface area contributed by atoms with Crippen LogP contribution in [-0.2, 0) is 0 Å². The zero-order valence-corrected chi connectivity index (χ0v) is 7.76. The Kier molecular flexibility index (Phi) is 2.90. The second kappa shape index (κ2) is 3.77. The minimum absolute atomic E-state index is 0.0588. The number of aromatic carboxylic acids is 1. The number of benzene rings is 1. The molecule has 1 aromatic rings.